The molecule has 5 heterocycles. The number of aromatic nitrogens is 5. The van der Waals surface area contributed by atoms with Crippen LogP contribution in [0.3, 0.4) is 0 Å². The number of pyridine rings is 1. The average Bonchev–Trinajstić information content (AvgIpc) is 3.60. The minimum Gasteiger partial charge on any atom is -0.481 e. The molecular formula is C25H27N8O3+. The van der Waals surface area contributed by atoms with Gasteiger partial charge in [0.25, 0.3) is 5.82 Å². The molecule has 0 amide bonds. The van der Waals surface area contributed by atoms with E-state index < -0.39 is 5.97 Å². The first-order valence-electron chi connectivity index (χ1n) is 12.0. The molecule has 1 atom stereocenters. The normalized spacial score (nSPS) is 18.1. The fourth-order valence-corrected chi connectivity index (χ4v) is 4.75. The second kappa shape index (κ2) is 9.42. The Balaban J connectivity index is 1.23. The number of nitrogens with zero attached hydrogens (tertiary/aromatic N) is 5. The minimum absolute atomic E-state index is 0.332. The van der Waals surface area contributed by atoms with Crippen molar-refractivity contribution in [1.29, 1.82) is 0 Å². The first-order chi connectivity index (χ1) is 17.6. The van der Waals surface area contributed by atoms with Gasteiger partial charge in [-0.15, -0.1) is 0 Å². The van der Waals surface area contributed by atoms with Crippen LogP contribution in [0.5, 0.6) is 0 Å². The zero-order valence-corrected chi connectivity index (χ0v) is 19.6. The Morgan fingerprint density at radius 2 is 1.92 bits per heavy atom. The Hall–Kier alpha value is -4.25. The fourth-order valence-electron chi connectivity index (χ4n) is 4.75. The van der Waals surface area contributed by atoms with Crippen molar-refractivity contribution in [2.75, 3.05) is 54.5 Å². The van der Waals surface area contributed by atoms with E-state index in [9.17, 15) is 9.90 Å². The summed E-state index contributed by atoms with van der Waals surface area (Å²) < 4.78 is 5.44. The lowest BCUT2D eigenvalue weighted by Gasteiger charge is -2.28. The van der Waals surface area contributed by atoms with E-state index in [4.69, 9.17) is 9.72 Å². The first kappa shape index (κ1) is 22.2. The molecule has 0 aliphatic carbocycles. The Bertz CT molecular complexity index is 1370. The zero-order chi connectivity index (χ0) is 24.5. The zero-order valence-electron chi connectivity index (χ0n) is 19.6. The molecule has 1 unspecified atom stereocenters. The molecule has 2 saturated heterocycles. The number of imidazole rings is 1. The van der Waals surface area contributed by atoms with Gasteiger partial charge in [-0.2, -0.15) is 4.98 Å². The van der Waals surface area contributed by atoms with Crippen LogP contribution in [-0.4, -0.2) is 70.4 Å². The van der Waals surface area contributed by atoms with Gasteiger partial charge < -0.3 is 25.0 Å². The number of hydrogen-bond acceptors (Lipinski definition) is 8. The molecule has 2 fully saturated rings. The van der Waals surface area contributed by atoms with Crippen molar-refractivity contribution >= 4 is 40.3 Å². The SMILES string of the molecule is O=C(O)C1CCN(c2ccc(-c3nc(Nc4ccc(N5CCOCC5)cc4)nc4nc[nH]c34)c[nH+]2)C1. The van der Waals surface area contributed by atoms with E-state index >= 15 is 0 Å². The summed E-state index contributed by atoms with van der Waals surface area (Å²) in [6, 6.07) is 12.1. The number of aromatic amines is 2. The predicted octanol–water partition coefficient (Wildman–Crippen LogP) is 2.33. The Kier molecular flexibility index (Phi) is 5.82. The molecule has 184 valence electrons. The number of rotatable bonds is 6. The number of aliphatic carboxylic acids is 1. The van der Waals surface area contributed by atoms with Crippen LogP contribution in [-0.2, 0) is 9.53 Å². The van der Waals surface area contributed by atoms with E-state index in [1.165, 1.54) is 0 Å². The molecule has 11 heteroatoms. The number of carboxylic acid groups (broad SMARTS) is 1. The highest BCUT2D eigenvalue weighted by atomic mass is 16.5. The summed E-state index contributed by atoms with van der Waals surface area (Å²) >= 11 is 0. The van der Waals surface area contributed by atoms with Gasteiger partial charge in [-0.1, -0.05) is 0 Å². The lowest BCUT2D eigenvalue weighted by Crippen LogP contribution is -2.36. The second-order valence-electron chi connectivity index (χ2n) is 9.00. The lowest BCUT2D eigenvalue weighted by molar-refractivity contribution is -0.363. The number of anilines is 4. The third kappa shape index (κ3) is 4.40. The van der Waals surface area contributed by atoms with Crippen LogP contribution in [0.25, 0.3) is 22.4 Å². The first-order valence-corrected chi connectivity index (χ1v) is 12.0. The number of ether oxygens (including phenoxy) is 1. The summed E-state index contributed by atoms with van der Waals surface area (Å²) in [5.74, 6) is 0.265. The summed E-state index contributed by atoms with van der Waals surface area (Å²) in [6.07, 6.45) is 4.14. The van der Waals surface area contributed by atoms with E-state index in [2.05, 4.69) is 47.2 Å². The van der Waals surface area contributed by atoms with Gasteiger partial charge in [0.05, 0.1) is 44.7 Å². The molecule has 6 rings (SSSR count). The molecule has 4 aromatic rings. The Labute approximate surface area is 207 Å². The van der Waals surface area contributed by atoms with Gasteiger partial charge in [0.2, 0.25) is 5.95 Å². The quantitative estimate of drug-likeness (QED) is 0.375. The molecule has 36 heavy (non-hydrogen) atoms. The van der Waals surface area contributed by atoms with Crippen molar-refractivity contribution in [3.8, 4) is 11.3 Å². The Morgan fingerprint density at radius 3 is 2.64 bits per heavy atom. The maximum absolute atomic E-state index is 11.3. The molecule has 0 spiro atoms. The molecule has 4 N–H and O–H groups in total. The van der Waals surface area contributed by atoms with Gasteiger partial charge in [-0.3, -0.25) is 9.69 Å². The largest absolute Gasteiger partial charge is 0.481 e. The van der Waals surface area contributed by atoms with Crippen LogP contribution in [0.1, 0.15) is 6.42 Å². The number of carbonyl (C=O) groups is 1. The van der Waals surface area contributed by atoms with Crippen LogP contribution in [0.15, 0.2) is 48.9 Å². The lowest BCUT2D eigenvalue weighted by atomic mass is 10.1. The third-order valence-corrected chi connectivity index (χ3v) is 6.73. The maximum atomic E-state index is 11.3. The second-order valence-corrected chi connectivity index (χ2v) is 9.00. The van der Waals surface area contributed by atoms with Crippen LogP contribution >= 0.6 is 0 Å². The number of carboxylic acids is 1. The summed E-state index contributed by atoms with van der Waals surface area (Å²) in [5, 5.41) is 12.6. The van der Waals surface area contributed by atoms with Crippen LogP contribution in [0, 0.1) is 5.92 Å². The molecule has 3 aromatic heterocycles. The van der Waals surface area contributed by atoms with Crippen molar-refractivity contribution in [3.63, 3.8) is 0 Å². The van der Waals surface area contributed by atoms with Gasteiger partial charge >= 0.3 is 5.97 Å². The highest BCUT2D eigenvalue weighted by Gasteiger charge is 2.33. The van der Waals surface area contributed by atoms with E-state index in [-0.39, 0.29) is 5.92 Å². The van der Waals surface area contributed by atoms with Gasteiger partial charge in [0, 0.05) is 42.5 Å². The van der Waals surface area contributed by atoms with Crippen molar-refractivity contribution < 1.29 is 19.6 Å². The minimum atomic E-state index is -0.743. The van der Waals surface area contributed by atoms with E-state index in [1.807, 2.05) is 30.5 Å². The van der Waals surface area contributed by atoms with Gasteiger partial charge in [-0.05, 0) is 30.3 Å². The fraction of sp³-hybridized carbons (Fsp3) is 0.320. The number of H-pyrrole nitrogens is 2. The highest BCUT2D eigenvalue weighted by Crippen LogP contribution is 2.28. The van der Waals surface area contributed by atoms with E-state index in [0.717, 1.165) is 60.3 Å². The smallest absolute Gasteiger partial charge is 0.310 e. The monoisotopic (exact) mass is 487 g/mol. The van der Waals surface area contributed by atoms with Crippen molar-refractivity contribution in [2.45, 2.75) is 6.42 Å². The molecule has 11 nitrogen and oxygen atoms in total. The molecule has 0 saturated carbocycles. The van der Waals surface area contributed by atoms with Crippen LogP contribution < -0.4 is 20.1 Å². The van der Waals surface area contributed by atoms with Crippen molar-refractivity contribution in [3.05, 3.63) is 48.9 Å². The molecule has 1 aromatic carbocycles. The van der Waals surface area contributed by atoms with Crippen LogP contribution in [0.4, 0.5) is 23.1 Å². The average molecular weight is 488 g/mol. The number of nitrogens with one attached hydrogen (secondary N) is 3. The third-order valence-electron chi connectivity index (χ3n) is 6.73. The summed E-state index contributed by atoms with van der Waals surface area (Å²) in [5.41, 5.74) is 4.96. The number of hydrogen-bond donors (Lipinski definition) is 3. The van der Waals surface area contributed by atoms with E-state index in [0.29, 0.717) is 31.1 Å². The standard InChI is InChI=1S/C25H26N8O3/c34-24(35)17-7-8-33(14-17)20-6-1-16(13-26-20)21-22-23(28-15-27-22)31-25(30-21)29-18-2-4-19(5-3-18)32-9-11-36-12-10-32/h1-6,13,15,17H,7-12,14H2,(H,34,35)(H2,27,28,29,30,31)/p+1. The topological polar surface area (TPSA) is 134 Å². The van der Waals surface area contributed by atoms with Crippen molar-refractivity contribution in [2.24, 2.45) is 5.92 Å². The van der Waals surface area contributed by atoms with Crippen molar-refractivity contribution in [1.82, 2.24) is 19.9 Å². The summed E-state index contributed by atoms with van der Waals surface area (Å²) in [6.45, 7) is 4.50. The number of morpholine rings is 1. The molecule has 2 aliphatic rings. The predicted molar refractivity (Wildman–Crippen MR) is 134 cm³/mol. The van der Waals surface area contributed by atoms with Gasteiger partial charge in [0.15, 0.2) is 5.65 Å². The van der Waals surface area contributed by atoms with E-state index in [1.54, 1.807) is 6.33 Å². The maximum Gasteiger partial charge on any atom is 0.310 e. The number of benzene rings is 1. The van der Waals surface area contributed by atoms with Gasteiger partial charge in [0.1, 0.15) is 11.2 Å². The molecular weight excluding hydrogens is 460 g/mol. The summed E-state index contributed by atoms with van der Waals surface area (Å²) in [7, 11) is 0. The molecule has 2 aliphatic heterocycles. The summed E-state index contributed by atoms with van der Waals surface area (Å²) in [4.78, 5) is 35.8. The molecule has 0 radical (unpaired) electrons. The Morgan fingerprint density at radius 1 is 1.08 bits per heavy atom. The van der Waals surface area contributed by atoms with Gasteiger partial charge in [-0.25, -0.2) is 15.0 Å². The molecule has 0 bridgehead atoms. The number of fused-ring (bicyclic) bond motifs is 1. The highest BCUT2D eigenvalue weighted by molar-refractivity contribution is 5.88. The van der Waals surface area contributed by atoms with Crippen LogP contribution in [0.2, 0.25) is 0 Å².